The van der Waals surface area contributed by atoms with Gasteiger partial charge in [-0.2, -0.15) is 13.2 Å². The highest BCUT2D eigenvalue weighted by molar-refractivity contribution is 6.31. The van der Waals surface area contributed by atoms with Crippen molar-refractivity contribution in [3.63, 3.8) is 0 Å². The quantitative estimate of drug-likeness (QED) is 0.0436. The topological polar surface area (TPSA) is 266 Å². The zero-order valence-electron chi connectivity index (χ0n) is 58.9. The number of amides is 6. The van der Waals surface area contributed by atoms with E-state index in [2.05, 4.69) is 61.6 Å². The molecule has 0 saturated carbocycles. The molecule has 111 heavy (non-hydrogen) atoms. The van der Waals surface area contributed by atoms with E-state index in [0.717, 1.165) is 154 Å². The van der Waals surface area contributed by atoms with Gasteiger partial charge in [0.15, 0.2) is 11.6 Å². The number of alkyl halides is 3. The highest BCUT2D eigenvalue weighted by Gasteiger charge is 2.33. The molecule has 3 saturated heterocycles. The van der Waals surface area contributed by atoms with Crippen LogP contribution >= 0.6 is 23.2 Å². The summed E-state index contributed by atoms with van der Waals surface area (Å²) < 4.78 is 113. The Kier molecular flexibility index (Phi) is 25.5. The molecule has 3 fully saturated rings. The first-order valence-electron chi connectivity index (χ1n) is 34.8. The molecule has 570 valence electrons. The van der Waals surface area contributed by atoms with E-state index in [-0.39, 0.29) is 16.4 Å². The first-order chi connectivity index (χ1) is 53.8. The average Bonchev–Trinajstić information content (AvgIpc) is 0.821. The number of nitrogens with zero attached hydrogens (tertiary/aromatic N) is 9. The van der Waals surface area contributed by atoms with Crippen LogP contribution in [-0.2, 0) is 40.0 Å². The second kappa shape index (κ2) is 36.6. The van der Waals surface area contributed by atoms with E-state index in [0.29, 0.717) is 82.5 Å². The van der Waals surface area contributed by atoms with E-state index < -0.39 is 52.3 Å². The van der Waals surface area contributed by atoms with E-state index in [4.69, 9.17) is 66.6 Å². The van der Waals surface area contributed by atoms with Crippen LogP contribution in [0.3, 0.4) is 0 Å². The first-order valence-corrected chi connectivity index (χ1v) is 35.5. The molecule has 0 radical (unpaired) electrons. The van der Waals surface area contributed by atoms with Gasteiger partial charge in [0.1, 0.15) is 40.3 Å². The predicted molar refractivity (Wildman–Crippen MR) is 409 cm³/mol. The Balaban J connectivity index is 0.000000146. The minimum atomic E-state index is -4.64. The van der Waals surface area contributed by atoms with Crippen LogP contribution in [0.2, 0.25) is 10.0 Å². The van der Waals surface area contributed by atoms with Gasteiger partial charge in [0.2, 0.25) is 0 Å². The fraction of sp³-hybridized carbons (Fsp3) is 0.203. The normalized spacial score (nSPS) is 14.1. The summed E-state index contributed by atoms with van der Waals surface area (Å²) in [4.78, 5) is 71.2. The van der Waals surface area contributed by atoms with Crippen molar-refractivity contribution in [3.8, 4) is 34.5 Å². The Morgan fingerprint density at radius 2 is 0.649 bits per heavy atom. The summed E-state index contributed by atoms with van der Waals surface area (Å²) in [6.07, 6.45) is 0.753. The number of carbonyl (C=O) groups excluding carboxylic acids is 3. The molecule has 0 bridgehead atoms. The number of carbonyl (C=O) groups is 3. The lowest BCUT2D eigenvalue weighted by atomic mass is 10.2. The number of morpholine rings is 3. The summed E-state index contributed by atoms with van der Waals surface area (Å²) in [5.41, 5.74) is 8.00. The van der Waals surface area contributed by atoms with Crippen molar-refractivity contribution >= 4 is 109 Å². The molecule has 24 nitrogen and oxygen atoms in total. The van der Waals surface area contributed by atoms with Gasteiger partial charge in [-0.1, -0.05) is 23.2 Å². The third kappa shape index (κ3) is 22.4. The van der Waals surface area contributed by atoms with Crippen molar-refractivity contribution in [2.75, 3.05) is 111 Å². The van der Waals surface area contributed by atoms with E-state index in [1.807, 2.05) is 54.7 Å². The molecule has 0 spiro atoms. The van der Waals surface area contributed by atoms with Crippen LogP contribution in [0.4, 0.5) is 74.9 Å². The van der Waals surface area contributed by atoms with E-state index in [1.54, 1.807) is 91.3 Å². The fourth-order valence-electron chi connectivity index (χ4n) is 11.5. The van der Waals surface area contributed by atoms with Crippen molar-refractivity contribution in [1.29, 1.82) is 0 Å². The van der Waals surface area contributed by atoms with E-state index >= 15 is 0 Å². The fourth-order valence-corrected chi connectivity index (χ4v) is 11.9. The molecule has 32 heteroatoms. The number of hydrogen-bond acceptors (Lipinski definition) is 18. The summed E-state index contributed by atoms with van der Waals surface area (Å²) >= 11 is 11.3. The van der Waals surface area contributed by atoms with E-state index in [1.165, 1.54) is 24.3 Å². The van der Waals surface area contributed by atoms with Crippen LogP contribution in [0.15, 0.2) is 201 Å². The van der Waals surface area contributed by atoms with Gasteiger partial charge in [-0.3, -0.25) is 29.7 Å². The largest absolute Gasteiger partial charge is 0.457 e. The average molecular weight is 1560 g/mol. The standard InChI is InChI=1S/C27H23ClF3N5O3.C26H23ClFN5O3.C26H23F2N5O3/c28-23-7-3-18(13-22(23)27(29,30)31)35-26(37)34-17-1-4-20(5-2-17)39-21-6-8-24-25(14-21)33-19(15-32-24)16-36-9-11-38-12-10-36;2*27-22-7-3-18(13-23(22)28)32-26(34)31-17-1-4-20(5-2-17)36-21-6-8-24-25(14-21)30-19(15-29-24)16-33-9-11-35-12-10-33/h1-8,13-15H,9-12,16H2,(H2,34,35,37);2*1-8,13-15H,9-12,16H2,(H2,31,32,34). The maximum atomic E-state index is 13.6. The van der Waals surface area contributed by atoms with Gasteiger partial charge in [0, 0.05) is 117 Å². The van der Waals surface area contributed by atoms with Gasteiger partial charge in [0.25, 0.3) is 0 Å². The second-order valence-electron chi connectivity index (χ2n) is 25.3. The van der Waals surface area contributed by atoms with Crippen LogP contribution in [-0.4, -0.2) is 142 Å². The van der Waals surface area contributed by atoms with Crippen LogP contribution in [0, 0.1) is 17.5 Å². The van der Waals surface area contributed by atoms with Gasteiger partial charge < -0.3 is 60.3 Å². The molecule has 0 atom stereocenters. The summed E-state index contributed by atoms with van der Waals surface area (Å²) in [5.74, 6) is 0.860. The van der Waals surface area contributed by atoms with Crippen LogP contribution in [0.5, 0.6) is 34.5 Å². The van der Waals surface area contributed by atoms with Crippen LogP contribution in [0.25, 0.3) is 33.1 Å². The molecule has 6 heterocycles. The summed E-state index contributed by atoms with van der Waals surface area (Å²) in [5, 5.41) is 14.8. The number of urea groups is 3. The molecular formula is C79H69Cl2F6N15O9. The van der Waals surface area contributed by atoms with Crippen molar-refractivity contribution < 1.29 is 69.1 Å². The summed E-state index contributed by atoms with van der Waals surface area (Å²) in [6.45, 7) is 11.7. The Labute approximate surface area is 641 Å². The molecule has 3 aliphatic heterocycles. The zero-order chi connectivity index (χ0) is 77.2. The minimum absolute atomic E-state index is 0.0107. The molecule has 0 aliphatic carbocycles. The number of aromatic nitrogens is 6. The molecule has 12 aromatic rings. The monoisotopic (exact) mass is 1560 g/mol. The molecule has 3 aromatic heterocycles. The highest BCUT2D eigenvalue weighted by atomic mass is 35.5. The molecule has 6 amide bonds. The highest BCUT2D eigenvalue weighted by Crippen LogP contribution is 2.37. The maximum absolute atomic E-state index is 13.6. The number of fused-ring (bicyclic) bond motifs is 3. The number of hydrogen-bond donors (Lipinski definition) is 6. The lowest BCUT2D eigenvalue weighted by Crippen LogP contribution is -2.35. The lowest BCUT2D eigenvalue weighted by Gasteiger charge is -2.26. The third-order valence-electron chi connectivity index (χ3n) is 17.1. The lowest BCUT2D eigenvalue weighted by molar-refractivity contribution is -0.137. The SMILES string of the molecule is O=C(Nc1ccc(Oc2ccc3ncc(CN4CCOCC4)nc3c2)cc1)Nc1ccc(Cl)c(C(F)(F)F)c1.O=C(Nc1ccc(Oc2ccc3ncc(CN4CCOCC4)nc3c2)cc1)Nc1ccc(Cl)c(F)c1.O=C(Nc1ccc(Oc2ccc3ncc(CN4CCOCC4)nc3c2)cc1)Nc1ccc(F)c(F)c1. The number of anilines is 6. The molecule has 0 unspecified atom stereocenters. The van der Waals surface area contributed by atoms with Gasteiger partial charge >= 0.3 is 24.3 Å². The smallest absolute Gasteiger partial charge is 0.417 e. The number of nitrogens with one attached hydrogen (secondary N) is 6. The van der Waals surface area contributed by atoms with Crippen molar-refractivity contribution in [2.45, 2.75) is 25.8 Å². The Hall–Kier alpha value is -11.9. The number of benzene rings is 9. The Bertz CT molecular complexity index is 5050. The third-order valence-corrected chi connectivity index (χ3v) is 17.7. The predicted octanol–water partition coefficient (Wildman–Crippen LogP) is 17.4. The number of rotatable bonds is 18. The Morgan fingerprint density at radius 1 is 0.351 bits per heavy atom. The summed E-state index contributed by atoms with van der Waals surface area (Å²) in [7, 11) is 0. The van der Waals surface area contributed by atoms with Crippen LogP contribution < -0.4 is 46.1 Å². The van der Waals surface area contributed by atoms with Crippen LogP contribution in [0.1, 0.15) is 22.6 Å². The molecule has 3 aliphatic rings. The summed E-state index contributed by atoms with van der Waals surface area (Å²) in [6, 6.07) is 45.2. The minimum Gasteiger partial charge on any atom is -0.457 e. The van der Waals surface area contributed by atoms with Gasteiger partial charge in [0.05, 0.1) is 124 Å². The molecule has 9 aromatic carbocycles. The first kappa shape index (κ1) is 77.3. The van der Waals surface area contributed by atoms with Gasteiger partial charge in [-0.15, -0.1) is 0 Å². The maximum Gasteiger partial charge on any atom is 0.417 e. The van der Waals surface area contributed by atoms with Gasteiger partial charge in [-0.05, 0) is 158 Å². The zero-order valence-corrected chi connectivity index (χ0v) is 60.4. The number of ether oxygens (including phenoxy) is 6. The number of halogens is 8. The van der Waals surface area contributed by atoms with Crippen molar-refractivity contribution in [1.82, 2.24) is 44.6 Å². The Morgan fingerprint density at radius 3 is 0.982 bits per heavy atom. The second-order valence-corrected chi connectivity index (χ2v) is 26.1. The van der Waals surface area contributed by atoms with Crippen molar-refractivity contribution in [2.24, 2.45) is 0 Å². The van der Waals surface area contributed by atoms with E-state index in [9.17, 15) is 40.7 Å². The van der Waals surface area contributed by atoms with Gasteiger partial charge in [-0.25, -0.2) is 42.5 Å². The molecule has 6 N–H and O–H groups in total. The molecule has 15 rings (SSSR count). The van der Waals surface area contributed by atoms with Crippen molar-refractivity contribution in [3.05, 3.63) is 251 Å². The molecular weight excluding hydrogens is 1490 g/mol.